The van der Waals surface area contributed by atoms with Crippen molar-refractivity contribution < 1.29 is 14.5 Å². The average molecular weight is 395 g/mol. The number of hydrogen-bond acceptors (Lipinski definition) is 6. The van der Waals surface area contributed by atoms with Crippen LogP contribution in [0.25, 0.3) is 0 Å². The van der Waals surface area contributed by atoms with Crippen molar-refractivity contribution in [1.82, 2.24) is 4.98 Å². The van der Waals surface area contributed by atoms with E-state index in [1.54, 1.807) is 22.6 Å². The number of rotatable bonds is 3. The van der Waals surface area contributed by atoms with Gasteiger partial charge in [-0.1, -0.05) is 0 Å². The van der Waals surface area contributed by atoms with Crippen molar-refractivity contribution in [1.29, 1.82) is 5.26 Å². The fourth-order valence-electron chi connectivity index (χ4n) is 1.52. The minimum Gasteiger partial charge on any atom is -0.414 e. The molecule has 0 fully saturated rings. The summed E-state index contributed by atoms with van der Waals surface area (Å²) in [4.78, 5) is 26.1. The number of aromatic nitrogens is 1. The van der Waals surface area contributed by atoms with Gasteiger partial charge in [0.1, 0.15) is 0 Å². The Morgan fingerprint density at radius 1 is 1.38 bits per heavy atom. The van der Waals surface area contributed by atoms with Crippen molar-refractivity contribution in [3.63, 3.8) is 0 Å². The van der Waals surface area contributed by atoms with E-state index in [1.165, 1.54) is 30.6 Å². The van der Waals surface area contributed by atoms with Crippen LogP contribution >= 0.6 is 22.6 Å². The van der Waals surface area contributed by atoms with Gasteiger partial charge in [0.05, 0.1) is 25.7 Å². The van der Waals surface area contributed by atoms with Gasteiger partial charge in [0.2, 0.25) is 5.75 Å². The quantitative estimate of drug-likeness (QED) is 0.260. The second kappa shape index (κ2) is 6.27. The van der Waals surface area contributed by atoms with E-state index in [0.29, 0.717) is 3.57 Å². The van der Waals surface area contributed by atoms with Crippen LogP contribution in [-0.4, -0.2) is 15.9 Å². The topological polar surface area (TPSA) is 106 Å². The minimum atomic E-state index is -0.733. The van der Waals surface area contributed by atoms with Crippen molar-refractivity contribution in [2.45, 2.75) is 0 Å². The van der Waals surface area contributed by atoms with Crippen molar-refractivity contribution in [2.24, 2.45) is 0 Å². The molecule has 0 aliphatic carbocycles. The molecule has 0 radical (unpaired) electrons. The van der Waals surface area contributed by atoms with E-state index < -0.39 is 16.6 Å². The van der Waals surface area contributed by atoms with Crippen LogP contribution in [0.5, 0.6) is 5.75 Å². The number of carbonyl (C=O) groups is 1. The molecule has 0 spiro atoms. The lowest BCUT2D eigenvalue weighted by Crippen LogP contribution is -2.11. The summed E-state index contributed by atoms with van der Waals surface area (Å²) < 4.78 is 5.40. The Kier molecular flexibility index (Phi) is 4.44. The second-order valence-corrected chi connectivity index (χ2v) is 4.96. The summed E-state index contributed by atoms with van der Waals surface area (Å²) in [6.07, 6.45) is 2.82. The summed E-state index contributed by atoms with van der Waals surface area (Å²) in [5, 5.41) is 19.9. The molecule has 1 aromatic carbocycles. The number of carbonyl (C=O) groups excluding carboxylic acids is 1. The lowest BCUT2D eigenvalue weighted by molar-refractivity contribution is -0.385. The first-order valence-electron chi connectivity index (χ1n) is 5.53. The molecule has 0 aliphatic rings. The molecule has 21 heavy (non-hydrogen) atoms. The normalized spacial score (nSPS) is 9.71. The summed E-state index contributed by atoms with van der Waals surface area (Å²) in [6.45, 7) is 0. The predicted octanol–water partition coefficient (Wildman–Crippen LogP) is 2.69. The highest BCUT2D eigenvalue weighted by atomic mass is 127. The molecule has 0 saturated carbocycles. The molecule has 2 aromatic rings. The molecule has 1 aromatic heterocycles. The van der Waals surface area contributed by atoms with Crippen LogP contribution in [0.3, 0.4) is 0 Å². The standard InChI is InChI=1S/C13H6IN3O4/c14-10-5-8(7-15)6-11(17(19)20)12(10)21-13(18)9-1-3-16-4-2-9/h1-6H. The molecular weight excluding hydrogens is 389 g/mol. The summed E-state index contributed by atoms with van der Waals surface area (Å²) in [6, 6.07) is 7.16. The summed E-state index contributed by atoms with van der Waals surface area (Å²) in [5.74, 6) is -0.912. The maximum atomic E-state index is 12.0. The Bertz CT molecular complexity index is 756. The molecule has 0 N–H and O–H groups in total. The molecule has 0 amide bonds. The van der Waals surface area contributed by atoms with Gasteiger partial charge in [0, 0.05) is 18.5 Å². The van der Waals surface area contributed by atoms with E-state index in [2.05, 4.69) is 4.98 Å². The van der Waals surface area contributed by atoms with Gasteiger partial charge < -0.3 is 4.74 Å². The van der Waals surface area contributed by atoms with Gasteiger partial charge in [0.25, 0.3) is 0 Å². The molecule has 0 aliphatic heterocycles. The number of hydrogen-bond donors (Lipinski definition) is 0. The minimum absolute atomic E-state index is 0.120. The van der Waals surface area contributed by atoms with E-state index >= 15 is 0 Å². The summed E-state index contributed by atoms with van der Waals surface area (Å²) >= 11 is 1.78. The van der Waals surface area contributed by atoms with E-state index in [4.69, 9.17) is 10.00 Å². The molecule has 7 nitrogen and oxygen atoms in total. The number of nitrogens with zero attached hydrogens (tertiary/aromatic N) is 3. The third-order valence-electron chi connectivity index (χ3n) is 2.46. The highest BCUT2D eigenvalue weighted by Gasteiger charge is 2.23. The average Bonchev–Trinajstić information content (AvgIpc) is 2.49. The van der Waals surface area contributed by atoms with Crippen molar-refractivity contribution in [3.8, 4) is 11.8 Å². The predicted molar refractivity (Wildman–Crippen MR) is 79.7 cm³/mol. The zero-order chi connectivity index (χ0) is 15.4. The van der Waals surface area contributed by atoms with Gasteiger partial charge in [-0.15, -0.1) is 0 Å². The molecule has 0 saturated heterocycles. The SMILES string of the molecule is N#Cc1cc(I)c(OC(=O)c2ccncc2)c([N+](=O)[O-])c1. The summed E-state index contributed by atoms with van der Waals surface area (Å²) in [5.41, 5.74) is -0.0878. The van der Waals surface area contributed by atoms with Crippen LogP contribution in [0.15, 0.2) is 36.7 Å². The van der Waals surface area contributed by atoms with Gasteiger partial charge in [-0.2, -0.15) is 5.26 Å². The maximum Gasteiger partial charge on any atom is 0.343 e. The zero-order valence-corrected chi connectivity index (χ0v) is 12.5. The monoisotopic (exact) mass is 395 g/mol. The van der Waals surface area contributed by atoms with Crippen LogP contribution in [0, 0.1) is 25.0 Å². The van der Waals surface area contributed by atoms with E-state index in [1.807, 2.05) is 6.07 Å². The fraction of sp³-hybridized carbons (Fsp3) is 0. The van der Waals surface area contributed by atoms with Crippen LogP contribution in [0.4, 0.5) is 5.69 Å². The smallest absolute Gasteiger partial charge is 0.343 e. The molecule has 0 unspecified atom stereocenters. The number of ether oxygens (including phenoxy) is 1. The molecule has 0 bridgehead atoms. The Morgan fingerprint density at radius 3 is 2.62 bits per heavy atom. The number of halogens is 1. The van der Waals surface area contributed by atoms with Gasteiger partial charge >= 0.3 is 11.7 Å². The van der Waals surface area contributed by atoms with E-state index in [0.717, 1.165) is 6.07 Å². The first-order chi connectivity index (χ1) is 10.0. The summed E-state index contributed by atoms with van der Waals surface area (Å²) in [7, 11) is 0. The molecule has 2 rings (SSSR count). The molecule has 0 atom stereocenters. The maximum absolute atomic E-state index is 12.0. The number of nitro benzene ring substituents is 1. The Labute approximate surface area is 132 Å². The first-order valence-corrected chi connectivity index (χ1v) is 6.61. The van der Waals surface area contributed by atoms with E-state index in [-0.39, 0.29) is 16.9 Å². The second-order valence-electron chi connectivity index (χ2n) is 3.80. The number of benzene rings is 1. The first kappa shape index (κ1) is 14.9. The zero-order valence-electron chi connectivity index (χ0n) is 10.3. The lowest BCUT2D eigenvalue weighted by atomic mass is 10.2. The fourth-order valence-corrected chi connectivity index (χ4v) is 2.24. The van der Waals surface area contributed by atoms with Crippen molar-refractivity contribution in [3.05, 3.63) is 61.5 Å². The van der Waals surface area contributed by atoms with Gasteiger partial charge in [-0.3, -0.25) is 15.1 Å². The van der Waals surface area contributed by atoms with Crippen LogP contribution in [0.2, 0.25) is 0 Å². The third-order valence-corrected chi connectivity index (χ3v) is 3.26. The molecule has 8 heteroatoms. The van der Waals surface area contributed by atoms with Gasteiger partial charge in [-0.05, 0) is 40.8 Å². The highest BCUT2D eigenvalue weighted by Crippen LogP contribution is 2.34. The van der Waals surface area contributed by atoms with Crippen molar-refractivity contribution in [2.75, 3.05) is 0 Å². The highest BCUT2D eigenvalue weighted by molar-refractivity contribution is 14.1. The van der Waals surface area contributed by atoms with Gasteiger partial charge in [-0.25, -0.2) is 4.79 Å². The Balaban J connectivity index is 2.43. The van der Waals surface area contributed by atoms with E-state index in [9.17, 15) is 14.9 Å². The Hall–Kier alpha value is -2.54. The third kappa shape index (κ3) is 3.32. The molecular formula is C13H6IN3O4. The van der Waals surface area contributed by atoms with Crippen LogP contribution in [0.1, 0.15) is 15.9 Å². The number of esters is 1. The largest absolute Gasteiger partial charge is 0.414 e. The number of nitriles is 1. The van der Waals surface area contributed by atoms with Crippen LogP contribution < -0.4 is 4.74 Å². The molecule has 1 heterocycles. The molecule has 104 valence electrons. The Morgan fingerprint density at radius 2 is 2.05 bits per heavy atom. The number of nitro groups is 1. The lowest BCUT2D eigenvalue weighted by Gasteiger charge is -2.07. The van der Waals surface area contributed by atoms with Crippen molar-refractivity contribution >= 4 is 34.2 Å². The van der Waals surface area contributed by atoms with Crippen LogP contribution in [-0.2, 0) is 0 Å². The number of pyridine rings is 1. The van der Waals surface area contributed by atoms with Gasteiger partial charge in [0.15, 0.2) is 0 Å².